The zero-order valence-electron chi connectivity index (χ0n) is 11.5. The first-order chi connectivity index (χ1) is 10.2. The van der Waals surface area contributed by atoms with Crippen molar-refractivity contribution in [1.82, 2.24) is 9.38 Å². The molecule has 0 saturated heterocycles. The Kier molecular flexibility index (Phi) is 3.39. The number of amides is 1. The second kappa shape index (κ2) is 5.36. The normalized spacial score (nSPS) is 10.8. The summed E-state index contributed by atoms with van der Waals surface area (Å²) < 4.78 is 15.2. The number of pyridine rings is 1. The van der Waals surface area contributed by atoms with Gasteiger partial charge in [0.2, 0.25) is 5.91 Å². The molecule has 2 heterocycles. The fourth-order valence-corrected chi connectivity index (χ4v) is 2.17. The summed E-state index contributed by atoms with van der Waals surface area (Å²) in [5.74, 6) is 0.110. The van der Waals surface area contributed by atoms with Gasteiger partial charge in [0.15, 0.2) is 0 Å². The van der Waals surface area contributed by atoms with Gasteiger partial charge < -0.3 is 5.32 Å². The third kappa shape index (κ3) is 2.50. The van der Waals surface area contributed by atoms with Crippen LogP contribution in [-0.4, -0.2) is 15.3 Å². The zero-order valence-corrected chi connectivity index (χ0v) is 11.5. The molecular weight excluding hydrogens is 269 g/mol. The van der Waals surface area contributed by atoms with Crippen molar-refractivity contribution in [2.45, 2.75) is 13.3 Å². The van der Waals surface area contributed by atoms with Crippen LogP contribution >= 0.6 is 0 Å². The van der Waals surface area contributed by atoms with Gasteiger partial charge in [0.1, 0.15) is 23.0 Å². The van der Waals surface area contributed by atoms with Gasteiger partial charge in [-0.05, 0) is 24.3 Å². The molecule has 1 aromatic carbocycles. The molecule has 106 valence electrons. The Hall–Kier alpha value is -2.69. The molecule has 0 bridgehead atoms. The van der Waals surface area contributed by atoms with Crippen molar-refractivity contribution >= 4 is 17.4 Å². The number of imidazole rings is 1. The van der Waals surface area contributed by atoms with Crippen LogP contribution in [0.2, 0.25) is 0 Å². The van der Waals surface area contributed by atoms with Gasteiger partial charge in [-0.3, -0.25) is 9.20 Å². The van der Waals surface area contributed by atoms with Crippen molar-refractivity contribution < 1.29 is 9.18 Å². The fourth-order valence-electron chi connectivity index (χ4n) is 2.17. The van der Waals surface area contributed by atoms with Crippen molar-refractivity contribution in [3.05, 3.63) is 54.5 Å². The summed E-state index contributed by atoms with van der Waals surface area (Å²) in [6, 6.07) is 11.7. The Morgan fingerprint density at radius 2 is 2.14 bits per heavy atom. The molecule has 0 aliphatic heterocycles. The highest BCUT2D eigenvalue weighted by Crippen LogP contribution is 2.29. The predicted octanol–water partition coefficient (Wildman–Crippen LogP) is 3.49. The number of hydrogen-bond acceptors (Lipinski definition) is 2. The molecule has 0 aliphatic carbocycles. The van der Waals surface area contributed by atoms with Crippen LogP contribution < -0.4 is 5.32 Å². The summed E-state index contributed by atoms with van der Waals surface area (Å²) in [5, 5.41) is 2.84. The van der Waals surface area contributed by atoms with Gasteiger partial charge in [-0.15, -0.1) is 0 Å². The van der Waals surface area contributed by atoms with E-state index in [0.29, 0.717) is 29.1 Å². The third-order valence-corrected chi connectivity index (χ3v) is 3.21. The monoisotopic (exact) mass is 283 g/mol. The van der Waals surface area contributed by atoms with Crippen LogP contribution in [0.5, 0.6) is 0 Å². The number of aromatic nitrogens is 2. The Morgan fingerprint density at radius 1 is 1.29 bits per heavy atom. The molecule has 0 atom stereocenters. The lowest BCUT2D eigenvalue weighted by atomic mass is 10.1. The maximum Gasteiger partial charge on any atom is 0.225 e. The number of carbonyl (C=O) groups is 1. The highest BCUT2D eigenvalue weighted by molar-refractivity contribution is 5.94. The summed E-state index contributed by atoms with van der Waals surface area (Å²) in [6.07, 6.45) is 2.18. The molecule has 3 rings (SSSR count). The van der Waals surface area contributed by atoms with Gasteiger partial charge >= 0.3 is 0 Å². The van der Waals surface area contributed by atoms with Crippen molar-refractivity contribution in [3.63, 3.8) is 0 Å². The average Bonchev–Trinajstić information content (AvgIpc) is 2.86. The molecule has 0 aliphatic rings. The molecular formula is C16H14FN3O. The molecule has 1 N–H and O–H groups in total. The first-order valence-corrected chi connectivity index (χ1v) is 6.72. The van der Waals surface area contributed by atoms with Crippen molar-refractivity contribution in [2.24, 2.45) is 0 Å². The molecule has 0 fully saturated rings. The topological polar surface area (TPSA) is 46.4 Å². The first-order valence-electron chi connectivity index (χ1n) is 6.72. The number of nitrogens with one attached hydrogen (secondary N) is 1. The van der Waals surface area contributed by atoms with E-state index in [-0.39, 0.29) is 11.7 Å². The molecule has 3 aromatic rings. The van der Waals surface area contributed by atoms with E-state index in [0.717, 1.165) is 0 Å². The van der Waals surface area contributed by atoms with Crippen LogP contribution in [0.1, 0.15) is 13.3 Å². The quantitative estimate of drug-likeness (QED) is 0.799. The highest BCUT2D eigenvalue weighted by Gasteiger charge is 2.15. The van der Waals surface area contributed by atoms with E-state index in [1.165, 1.54) is 12.1 Å². The standard InChI is InChI=1S/C16H14FN3O/c1-2-14(21)19-16-15(11-6-5-7-12(17)10-11)18-13-8-3-4-9-20(13)16/h3-10H,2H2,1H3,(H,19,21). The van der Waals surface area contributed by atoms with E-state index >= 15 is 0 Å². The van der Waals surface area contributed by atoms with Gasteiger partial charge in [-0.1, -0.05) is 25.1 Å². The second-order valence-electron chi connectivity index (χ2n) is 4.65. The van der Waals surface area contributed by atoms with Crippen LogP contribution in [0.25, 0.3) is 16.9 Å². The SMILES string of the molecule is CCC(=O)Nc1c(-c2cccc(F)c2)nc2ccccn12. The third-order valence-electron chi connectivity index (χ3n) is 3.21. The molecule has 0 saturated carbocycles. The van der Waals surface area contributed by atoms with Crippen LogP contribution in [-0.2, 0) is 4.79 Å². The molecule has 1 amide bonds. The van der Waals surface area contributed by atoms with E-state index in [1.54, 1.807) is 23.5 Å². The summed E-state index contributed by atoms with van der Waals surface area (Å²) in [7, 11) is 0. The van der Waals surface area contributed by atoms with Crippen LogP contribution in [0.15, 0.2) is 48.7 Å². The lowest BCUT2D eigenvalue weighted by molar-refractivity contribution is -0.115. The molecule has 0 unspecified atom stereocenters. The molecule has 2 aromatic heterocycles. The molecule has 0 radical (unpaired) electrons. The lowest BCUT2D eigenvalue weighted by Gasteiger charge is -2.06. The number of hydrogen-bond donors (Lipinski definition) is 1. The van der Waals surface area contributed by atoms with E-state index in [9.17, 15) is 9.18 Å². The molecule has 21 heavy (non-hydrogen) atoms. The smallest absolute Gasteiger partial charge is 0.225 e. The number of halogens is 1. The minimum Gasteiger partial charge on any atom is -0.310 e. The number of rotatable bonds is 3. The summed E-state index contributed by atoms with van der Waals surface area (Å²) in [5.41, 5.74) is 1.88. The Bertz CT molecular complexity index is 810. The number of carbonyl (C=O) groups excluding carboxylic acids is 1. The second-order valence-corrected chi connectivity index (χ2v) is 4.65. The minimum absolute atomic E-state index is 0.113. The molecule has 0 spiro atoms. The van der Waals surface area contributed by atoms with E-state index in [2.05, 4.69) is 10.3 Å². The van der Waals surface area contributed by atoms with Gasteiger partial charge in [0.05, 0.1) is 0 Å². The van der Waals surface area contributed by atoms with Crippen molar-refractivity contribution in [3.8, 4) is 11.3 Å². The van der Waals surface area contributed by atoms with Crippen LogP contribution in [0, 0.1) is 5.82 Å². The minimum atomic E-state index is -0.336. The molecule has 4 nitrogen and oxygen atoms in total. The number of benzene rings is 1. The van der Waals surface area contributed by atoms with Gasteiger partial charge in [0.25, 0.3) is 0 Å². The Balaban J connectivity index is 2.21. The van der Waals surface area contributed by atoms with Gasteiger partial charge in [0, 0.05) is 18.2 Å². The van der Waals surface area contributed by atoms with Gasteiger partial charge in [-0.2, -0.15) is 0 Å². The van der Waals surface area contributed by atoms with E-state index in [1.807, 2.05) is 24.4 Å². The number of anilines is 1. The average molecular weight is 283 g/mol. The predicted molar refractivity (Wildman–Crippen MR) is 79.5 cm³/mol. The lowest BCUT2D eigenvalue weighted by Crippen LogP contribution is -2.12. The molecule has 5 heteroatoms. The van der Waals surface area contributed by atoms with Crippen LogP contribution in [0.4, 0.5) is 10.2 Å². The largest absolute Gasteiger partial charge is 0.310 e. The fraction of sp³-hybridized carbons (Fsp3) is 0.125. The highest BCUT2D eigenvalue weighted by atomic mass is 19.1. The Labute approximate surface area is 121 Å². The first kappa shape index (κ1) is 13.3. The van der Waals surface area contributed by atoms with E-state index in [4.69, 9.17) is 0 Å². The Morgan fingerprint density at radius 3 is 2.90 bits per heavy atom. The summed E-state index contributed by atoms with van der Waals surface area (Å²) in [4.78, 5) is 16.2. The summed E-state index contributed by atoms with van der Waals surface area (Å²) in [6.45, 7) is 1.78. The summed E-state index contributed by atoms with van der Waals surface area (Å²) >= 11 is 0. The number of fused-ring (bicyclic) bond motifs is 1. The van der Waals surface area contributed by atoms with Crippen LogP contribution in [0.3, 0.4) is 0 Å². The van der Waals surface area contributed by atoms with Gasteiger partial charge in [-0.25, -0.2) is 9.37 Å². The maximum atomic E-state index is 13.4. The van der Waals surface area contributed by atoms with E-state index < -0.39 is 0 Å². The van der Waals surface area contributed by atoms with Crippen molar-refractivity contribution in [2.75, 3.05) is 5.32 Å². The zero-order chi connectivity index (χ0) is 14.8. The number of nitrogens with zero attached hydrogens (tertiary/aromatic N) is 2. The maximum absolute atomic E-state index is 13.4. The van der Waals surface area contributed by atoms with Crippen molar-refractivity contribution in [1.29, 1.82) is 0 Å².